The highest BCUT2D eigenvalue weighted by atomic mass is 16.2. The molecule has 4 heteroatoms. The maximum atomic E-state index is 12.4. The summed E-state index contributed by atoms with van der Waals surface area (Å²) in [6, 6.07) is 30.6. The predicted octanol–water partition coefficient (Wildman–Crippen LogP) is 6.40. The summed E-state index contributed by atoms with van der Waals surface area (Å²) in [6.07, 6.45) is 0.765. The van der Waals surface area contributed by atoms with Gasteiger partial charge in [-0.05, 0) is 78.9 Å². The molecular formula is C29H26N2O2. The second-order valence-electron chi connectivity index (χ2n) is 8.12. The maximum absolute atomic E-state index is 12.4. The van der Waals surface area contributed by atoms with Crippen molar-refractivity contribution in [3.05, 3.63) is 130 Å². The molecule has 33 heavy (non-hydrogen) atoms. The van der Waals surface area contributed by atoms with E-state index in [1.807, 2.05) is 74.5 Å². The number of carbonyl (C=O) groups is 2. The minimum atomic E-state index is -0.116. The SMILES string of the molecule is Cc1cc(Cc2ccc(NC(=O)c3ccccc3)c(C)c2)ccc1NC(=O)c1ccccc1. The van der Waals surface area contributed by atoms with Crippen molar-refractivity contribution in [1.29, 1.82) is 0 Å². The molecule has 0 aliphatic carbocycles. The summed E-state index contributed by atoms with van der Waals surface area (Å²) < 4.78 is 0. The van der Waals surface area contributed by atoms with Gasteiger partial charge in [0.25, 0.3) is 11.8 Å². The Balaban J connectivity index is 1.42. The molecule has 4 nitrogen and oxygen atoms in total. The zero-order chi connectivity index (χ0) is 23.2. The van der Waals surface area contributed by atoms with E-state index in [1.54, 1.807) is 24.3 Å². The van der Waals surface area contributed by atoms with Gasteiger partial charge in [-0.2, -0.15) is 0 Å². The third-order valence-corrected chi connectivity index (χ3v) is 5.56. The molecule has 0 aromatic heterocycles. The number of aryl methyl sites for hydroxylation is 2. The highest BCUT2D eigenvalue weighted by Gasteiger charge is 2.10. The number of hydrogen-bond acceptors (Lipinski definition) is 2. The Bertz CT molecular complexity index is 1180. The van der Waals surface area contributed by atoms with E-state index in [1.165, 1.54) is 0 Å². The number of rotatable bonds is 6. The van der Waals surface area contributed by atoms with Crippen LogP contribution in [0.5, 0.6) is 0 Å². The van der Waals surface area contributed by atoms with Crippen LogP contribution in [0.15, 0.2) is 97.1 Å². The van der Waals surface area contributed by atoms with Gasteiger partial charge in [-0.1, -0.05) is 60.7 Å². The normalized spacial score (nSPS) is 10.5. The molecule has 164 valence electrons. The number of anilines is 2. The van der Waals surface area contributed by atoms with Crippen LogP contribution in [0, 0.1) is 13.8 Å². The topological polar surface area (TPSA) is 58.2 Å². The van der Waals surface area contributed by atoms with Crippen LogP contribution in [0.3, 0.4) is 0 Å². The Kier molecular flexibility index (Phi) is 6.65. The molecule has 0 radical (unpaired) electrons. The van der Waals surface area contributed by atoms with Crippen LogP contribution in [0.2, 0.25) is 0 Å². The van der Waals surface area contributed by atoms with Gasteiger partial charge in [0, 0.05) is 22.5 Å². The van der Waals surface area contributed by atoms with Crippen molar-refractivity contribution in [1.82, 2.24) is 0 Å². The first kappa shape index (κ1) is 22.0. The number of carbonyl (C=O) groups excluding carboxylic acids is 2. The van der Waals surface area contributed by atoms with E-state index >= 15 is 0 Å². The lowest BCUT2D eigenvalue weighted by Gasteiger charge is -2.12. The van der Waals surface area contributed by atoms with Gasteiger partial charge >= 0.3 is 0 Å². The van der Waals surface area contributed by atoms with E-state index in [4.69, 9.17) is 0 Å². The molecule has 0 unspecified atom stereocenters. The first-order valence-electron chi connectivity index (χ1n) is 10.9. The highest BCUT2D eigenvalue weighted by molar-refractivity contribution is 6.05. The molecule has 4 rings (SSSR count). The second-order valence-corrected chi connectivity index (χ2v) is 8.12. The van der Waals surface area contributed by atoms with Crippen molar-refractivity contribution in [3.63, 3.8) is 0 Å². The van der Waals surface area contributed by atoms with Gasteiger partial charge in [0.1, 0.15) is 0 Å². The fraction of sp³-hybridized carbons (Fsp3) is 0.103. The Hall–Kier alpha value is -4.18. The van der Waals surface area contributed by atoms with Gasteiger partial charge in [0.2, 0.25) is 0 Å². The number of hydrogen-bond donors (Lipinski definition) is 2. The fourth-order valence-electron chi connectivity index (χ4n) is 3.76. The smallest absolute Gasteiger partial charge is 0.255 e. The molecule has 0 aliphatic heterocycles. The third kappa shape index (κ3) is 5.55. The molecule has 0 spiro atoms. The molecule has 0 aliphatic rings. The average Bonchev–Trinajstić information content (AvgIpc) is 2.83. The van der Waals surface area contributed by atoms with E-state index in [9.17, 15) is 9.59 Å². The van der Waals surface area contributed by atoms with Crippen LogP contribution in [-0.2, 0) is 6.42 Å². The predicted molar refractivity (Wildman–Crippen MR) is 134 cm³/mol. The van der Waals surface area contributed by atoms with Gasteiger partial charge in [-0.25, -0.2) is 0 Å². The van der Waals surface area contributed by atoms with Gasteiger partial charge in [-0.3, -0.25) is 9.59 Å². The average molecular weight is 435 g/mol. The lowest BCUT2D eigenvalue weighted by molar-refractivity contribution is 0.101. The molecule has 4 aromatic rings. The van der Waals surface area contributed by atoms with Crippen molar-refractivity contribution < 1.29 is 9.59 Å². The molecule has 0 saturated carbocycles. The van der Waals surface area contributed by atoms with Crippen LogP contribution in [-0.4, -0.2) is 11.8 Å². The van der Waals surface area contributed by atoms with E-state index in [0.29, 0.717) is 11.1 Å². The minimum Gasteiger partial charge on any atom is -0.322 e. The monoisotopic (exact) mass is 434 g/mol. The Morgan fingerprint density at radius 3 is 1.33 bits per heavy atom. The molecule has 4 aromatic carbocycles. The molecule has 0 fully saturated rings. The molecule has 2 N–H and O–H groups in total. The van der Waals surface area contributed by atoms with Crippen LogP contribution in [0.1, 0.15) is 43.0 Å². The van der Waals surface area contributed by atoms with E-state index in [-0.39, 0.29) is 11.8 Å². The van der Waals surface area contributed by atoms with E-state index in [2.05, 4.69) is 22.8 Å². The van der Waals surface area contributed by atoms with Gasteiger partial charge in [0.05, 0.1) is 0 Å². The van der Waals surface area contributed by atoms with Crippen LogP contribution < -0.4 is 10.6 Å². The first-order chi connectivity index (χ1) is 16.0. The minimum absolute atomic E-state index is 0.116. The first-order valence-corrected chi connectivity index (χ1v) is 10.9. The summed E-state index contributed by atoms with van der Waals surface area (Å²) in [7, 11) is 0. The lowest BCUT2D eigenvalue weighted by Crippen LogP contribution is -2.13. The van der Waals surface area contributed by atoms with Crippen molar-refractivity contribution >= 4 is 23.2 Å². The summed E-state index contributed by atoms with van der Waals surface area (Å²) in [5.74, 6) is -0.231. The lowest BCUT2D eigenvalue weighted by atomic mass is 10.00. The zero-order valence-corrected chi connectivity index (χ0v) is 18.8. The van der Waals surface area contributed by atoms with Crippen molar-refractivity contribution in [2.75, 3.05) is 10.6 Å². The summed E-state index contributed by atoms with van der Waals surface area (Å²) in [6.45, 7) is 4.00. The Labute approximate surface area is 194 Å². The van der Waals surface area contributed by atoms with Crippen LogP contribution >= 0.6 is 0 Å². The number of nitrogens with one attached hydrogen (secondary N) is 2. The summed E-state index contributed by atoms with van der Waals surface area (Å²) >= 11 is 0. The molecule has 0 heterocycles. The van der Waals surface area contributed by atoms with Crippen LogP contribution in [0.4, 0.5) is 11.4 Å². The van der Waals surface area contributed by atoms with E-state index < -0.39 is 0 Å². The Morgan fingerprint density at radius 2 is 0.970 bits per heavy atom. The van der Waals surface area contributed by atoms with Crippen molar-refractivity contribution in [2.45, 2.75) is 20.3 Å². The van der Waals surface area contributed by atoms with Gasteiger partial charge in [0.15, 0.2) is 0 Å². The molecule has 0 atom stereocenters. The van der Waals surface area contributed by atoms with Gasteiger partial charge < -0.3 is 10.6 Å². The Morgan fingerprint density at radius 1 is 0.576 bits per heavy atom. The van der Waals surface area contributed by atoms with Crippen molar-refractivity contribution in [3.8, 4) is 0 Å². The maximum Gasteiger partial charge on any atom is 0.255 e. The molecule has 2 amide bonds. The zero-order valence-electron chi connectivity index (χ0n) is 18.8. The number of amides is 2. The fourth-order valence-corrected chi connectivity index (χ4v) is 3.76. The number of benzene rings is 4. The summed E-state index contributed by atoms with van der Waals surface area (Å²) in [4.78, 5) is 24.9. The van der Waals surface area contributed by atoms with Crippen LogP contribution in [0.25, 0.3) is 0 Å². The molecule has 0 saturated heterocycles. The van der Waals surface area contributed by atoms with E-state index in [0.717, 1.165) is 40.0 Å². The quantitative estimate of drug-likeness (QED) is 0.369. The molecule has 0 bridgehead atoms. The second kappa shape index (κ2) is 9.96. The summed E-state index contributed by atoms with van der Waals surface area (Å²) in [5.41, 5.74) is 7.23. The van der Waals surface area contributed by atoms with Crippen molar-refractivity contribution in [2.24, 2.45) is 0 Å². The standard InChI is InChI=1S/C29H26N2O2/c1-20-17-22(13-15-26(20)30-28(32)24-9-5-3-6-10-24)19-23-14-16-27(21(2)18-23)31-29(33)25-11-7-4-8-12-25/h3-18H,19H2,1-2H3,(H,30,32)(H,31,33). The third-order valence-electron chi connectivity index (χ3n) is 5.56. The molecular weight excluding hydrogens is 408 g/mol. The highest BCUT2D eigenvalue weighted by Crippen LogP contribution is 2.23. The summed E-state index contributed by atoms with van der Waals surface area (Å²) in [5, 5.41) is 5.97. The largest absolute Gasteiger partial charge is 0.322 e. The van der Waals surface area contributed by atoms with Gasteiger partial charge in [-0.15, -0.1) is 0 Å².